The number of thiazole rings is 1. The molecule has 0 aliphatic carbocycles. The number of ether oxygens (including phenoxy) is 1. The predicted molar refractivity (Wildman–Crippen MR) is 117 cm³/mol. The Balaban J connectivity index is 1.64. The van der Waals surface area contributed by atoms with E-state index in [9.17, 15) is 9.59 Å². The van der Waals surface area contributed by atoms with Gasteiger partial charge in [0.05, 0.1) is 24.4 Å². The van der Waals surface area contributed by atoms with Crippen molar-refractivity contribution in [2.75, 3.05) is 7.11 Å². The summed E-state index contributed by atoms with van der Waals surface area (Å²) < 4.78 is 10.8. The lowest BCUT2D eigenvalue weighted by Crippen LogP contribution is -2.28. The van der Waals surface area contributed by atoms with Gasteiger partial charge in [0.15, 0.2) is 11.3 Å². The molecule has 6 nitrogen and oxygen atoms in total. The summed E-state index contributed by atoms with van der Waals surface area (Å²) in [5.41, 5.74) is 1.43. The Morgan fingerprint density at radius 3 is 2.73 bits per heavy atom. The first kappa shape index (κ1) is 19.8. The second kappa shape index (κ2) is 8.51. The fourth-order valence-corrected chi connectivity index (χ4v) is 4.15. The zero-order valence-corrected chi connectivity index (χ0v) is 17.4. The van der Waals surface area contributed by atoms with Crippen molar-refractivity contribution in [1.29, 1.82) is 0 Å². The lowest BCUT2D eigenvalue weighted by atomic mass is 10.1. The van der Waals surface area contributed by atoms with Crippen molar-refractivity contribution in [1.82, 2.24) is 10.3 Å². The molecule has 2 aromatic carbocycles. The zero-order valence-electron chi connectivity index (χ0n) is 16.5. The fraction of sp³-hybridized carbons (Fsp3) is 0.174. The van der Waals surface area contributed by atoms with Crippen LogP contribution in [0.2, 0.25) is 0 Å². The number of rotatable bonds is 6. The topological polar surface area (TPSA) is 81.4 Å². The highest BCUT2D eigenvalue weighted by molar-refractivity contribution is 7.10. The van der Waals surface area contributed by atoms with Crippen LogP contribution in [0.4, 0.5) is 0 Å². The summed E-state index contributed by atoms with van der Waals surface area (Å²) in [7, 11) is 1.53. The Morgan fingerprint density at radius 2 is 2.00 bits per heavy atom. The van der Waals surface area contributed by atoms with Gasteiger partial charge in [0, 0.05) is 16.3 Å². The second-order valence-electron chi connectivity index (χ2n) is 6.70. The quantitative estimate of drug-likeness (QED) is 0.453. The van der Waals surface area contributed by atoms with Crippen molar-refractivity contribution in [2.24, 2.45) is 0 Å². The van der Waals surface area contributed by atoms with Crippen molar-refractivity contribution in [3.8, 4) is 17.0 Å². The van der Waals surface area contributed by atoms with Gasteiger partial charge in [-0.3, -0.25) is 4.79 Å². The van der Waals surface area contributed by atoms with Crippen molar-refractivity contribution in [3.63, 3.8) is 0 Å². The van der Waals surface area contributed by atoms with Crippen LogP contribution in [0.5, 0.6) is 5.75 Å². The normalized spacial score (nSPS) is 11.9. The molecule has 30 heavy (non-hydrogen) atoms. The number of fused-ring (bicyclic) bond motifs is 1. The number of carbonyl (C=O) groups is 1. The van der Waals surface area contributed by atoms with E-state index in [4.69, 9.17) is 9.15 Å². The van der Waals surface area contributed by atoms with Crippen LogP contribution in [-0.4, -0.2) is 18.0 Å². The summed E-state index contributed by atoms with van der Waals surface area (Å²) in [4.78, 5) is 29.7. The van der Waals surface area contributed by atoms with E-state index in [1.54, 1.807) is 24.3 Å². The molecule has 1 amide bonds. The molecule has 0 fully saturated rings. The van der Waals surface area contributed by atoms with E-state index in [1.165, 1.54) is 18.4 Å². The van der Waals surface area contributed by atoms with Crippen molar-refractivity contribution in [2.45, 2.75) is 19.4 Å². The van der Waals surface area contributed by atoms with E-state index in [0.29, 0.717) is 34.6 Å². The molecule has 1 unspecified atom stereocenters. The van der Waals surface area contributed by atoms with E-state index in [1.807, 2.05) is 42.6 Å². The van der Waals surface area contributed by atoms with Crippen LogP contribution in [0.15, 0.2) is 69.2 Å². The maximum atomic E-state index is 12.6. The lowest BCUT2D eigenvalue weighted by molar-refractivity contribution is 0.0935. The molecule has 0 radical (unpaired) electrons. The van der Waals surface area contributed by atoms with Gasteiger partial charge in [-0.15, -0.1) is 11.3 Å². The van der Waals surface area contributed by atoms with E-state index >= 15 is 0 Å². The third-order valence-corrected chi connectivity index (χ3v) is 5.75. The van der Waals surface area contributed by atoms with Crippen molar-refractivity contribution < 1.29 is 13.9 Å². The van der Waals surface area contributed by atoms with Gasteiger partial charge < -0.3 is 14.5 Å². The van der Waals surface area contributed by atoms with Crippen LogP contribution in [0.1, 0.15) is 34.8 Å². The van der Waals surface area contributed by atoms with E-state index in [-0.39, 0.29) is 11.9 Å². The fourth-order valence-electron chi connectivity index (χ4n) is 3.20. The number of nitrogens with zero attached hydrogens (tertiary/aromatic N) is 1. The van der Waals surface area contributed by atoms with Crippen LogP contribution in [0.25, 0.3) is 22.2 Å². The second-order valence-corrected chi connectivity index (χ2v) is 7.59. The number of benzene rings is 2. The molecule has 4 aromatic rings. The van der Waals surface area contributed by atoms with Gasteiger partial charge in [-0.05, 0) is 30.7 Å². The van der Waals surface area contributed by atoms with Crippen molar-refractivity contribution in [3.05, 3.63) is 81.0 Å². The number of methoxy groups -OCH3 is 1. The van der Waals surface area contributed by atoms with Crippen LogP contribution < -0.4 is 15.7 Å². The Bertz CT molecular complexity index is 1250. The SMILES string of the molecule is CCC(NC(=O)c1ccccc1)c1nc(-c2cc3cccc(OC)c3oc2=O)cs1. The maximum Gasteiger partial charge on any atom is 0.345 e. The molecule has 1 N–H and O–H groups in total. The lowest BCUT2D eigenvalue weighted by Gasteiger charge is -2.14. The van der Waals surface area contributed by atoms with Gasteiger partial charge in [0.25, 0.3) is 5.91 Å². The molecule has 0 bridgehead atoms. The molecule has 0 spiro atoms. The Labute approximate surface area is 177 Å². The number of carbonyl (C=O) groups excluding carboxylic acids is 1. The van der Waals surface area contributed by atoms with Gasteiger partial charge in [0.1, 0.15) is 5.01 Å². The minimum Gasteiger partial charge on any atom is -0.493 e. The highest BCUT2D eigenvalue weighted by Gasteiger charge is 2.19. The highest BCUT2D eigenvalue weighted by Crippen LogP contribution is 2.30. The van der Waals surface area contributed by atoms with Gasteiger partial charge in [0.2, 0.25) is 0 Å². The molecular formula is C23H20N2O4S. The molecule has 0 saturated heterocycles. The number of amides is 1. The monoisotopic (exact) mass is 420 g/mol. The number of aromatic nitrogens is 1. The predicted octanol–water partition coefficient (Wildman–Crippen LogP) is 4.81. The number of nitrogens with one attached hydrogen (secondary N) is 1. The molecule has 0 aliphatic heterocycles. The average Bonchev–Trinajstić information content (AvgIpc) is 3.26. The minimum absolute atomic E-state index is 0.156. The average molecular weight is 420 g/mol. The highest BCUT2D eigenvalue weighted by atomic mass is 32.1. The molecule has 152 valence electrons. The summed E-state index contributed by atoms with van der Waals surface area (Å²) in [5.74, 6) is 0.348. The smallest absolute Gasteiger partial charge is 0.345 e. The minimum atomic E-state index is -0.481. The zero-order chi connectivity index (χ0) is 21.1. The van der Waals surface area contributed by atoms with E-state index in [2.05, 4.69) is 10.3 Å². The maximum absolute atomic E-state index is 12.6. The van der Waals surface area contributed by atoms with E-state index < -0.39 is 5.63 Å². The van der Waals surface area contributed by atoms with Crippen LogP contribution in [0.3, 0.4) is 0 Å². The van der Waals surface area contributed by atoms with Crippen LogP contribution >= 0.6 is 11.3 Å². The van der Waals surface area contributed by atoms with Crippen LogP contribution in [-0.2, 0) is 0 Å². The first-order valence-electron chi connectivity index (χ1n) is 9.53. The molecular weight excluding hydrogens is 400 g/mol. The summed E-state index contributed by atoms with van der Waals surface area (Å²) in [6.07, 6.45) is 0.676. The summed E-state index contributed by atoms with van der Waals surface area (Å²) in [6.45, 7) is 1.98. The van der Waals surface area contributed by atoms with Gasteiger partial charge >= 0.3 is 5.63 Å². The number of para-hydroxylation sites is 1. The Kier molecular flexibility index (Phi) is 5.63. The first-order chi connectivity index (χ1) is 14.6. The van der Waals surface area contributed by atoms with Gasteiger partial charge in [-0.2, -0.15) is 0 Å². The molecule has 1 atom stereocenters. The number of hydrogen-bond acceptors (Lipinski definition) is 6. The van der Waals surface area contributed by atoms with E-state index in [0.717, 1.165) is 10.4 Å². The summed E-state index contributed by atoms with van der Waals surface area (Å²) >= 11 is 1.40. The van der Waals surface area contributed by atoms with Gasteiger partial charge in [-0.25, -0.2) is 9.78 Å². The molecule has 4 rings (SSSR count). The summed E-state index contributed by atoms with van der Waals surface area (Å²) in [6, 6.07) is 16.0. The third kappa shape index (κ3) is 3.84. The molecule has 2 aromatic heterocycles. The molecule has 7 heteroatoms. The standard InChI is InChI=1S/C23H20N2O4S/c1-3-17(24-21(26)14-8-5-4-6-9-14)22-25-18(13-30-22)16-12-15-10-7-11-19(28-2)20(15)29-23(16)27/h4-13,17H,3H2,1-2H3,(H,24,26). The molecule has 2 heterocycles. The molecule has 0 saturated carbocycles. The van der Waals surface area contributed by atoms with Crippen molar-refractivity contribution >= 4 is 28.2 Å². The summed E-state index contributed by atoms with van der Waals surface area (Å²) in [5, 5.41) is 6.32. The molecule has 0 aliphatic rings. The number of hydrogen-bond donors (Lipinski definition) is 1. The third-order valence-electron chi connectivity index (χ3n) is 4.79. The van der Waals surface area contributed by atoms with Crippen LogP contribution in [0, 0.1) is 0 Å². The Hall–Kier alpha value is -3.45. The Morgan fingerprint density at radius 1 is 1.20 bits per heavy atom. The first-order valence-corrected chi connectivity index (χ1v) is 10.4. The van der Waals surface area contributed by atoms with Gasteiger partial charge in [-0.1, -0.05) is 37.3 Å². The largest absolute Gasteiger partial charge is 0.493 e.